The second-order valence-electron chi connectivity index (χ2n) is 3.91. The van der Waals surface area contributed by atoms with Gasteiger partial charge in [-0.25, -0.2) is 4.98 Å². The van der Waals surface area contributed by atoms with Gasteiger partial charge in [-0.1, -0.05) is 13.8 Å². The number of anilines is 1. The summed E-state index contributed by atoms with van der Waals surface area (Å²) >= 11 is 2.22. The zero-order valence-electron chi connectivity index (χ0n) is 9.17. The SMILES string of the molecule is Cc1nc(NC(=O)CC(C)C)ccc1I. The van der Waals surface area contributed by atoms with E-state index < -0.39 is 0 Å². The molecule has 0 saturated heterocycles. The molecule has 0 atom stereocenters. The number of hydrogen-bond acceptors (Lipinski definition) is 2. The molecule has 0 saturated carbocycles. The van der Waals surface area contributed by atoms with E-state index in [2.05, 4.69) is 32.9 Å². The van der Waals surface area contributed by atoms with E-state index in [4.69, 9.17) is 0 Å². The predicted molar refractivity (Wildman–Crippen MR) is 69.8 cm³/mol. The number of pyridine rings is 1. The van der Waals surface area contributed by atoms with Crippen molar-refractivity contribution in [2.75, 3.05) is 5.32 Å². The van der Waals surface area contributed by atoms with Gasteiger partial charge in [-0.05, 0) is 47.6 Å². The quantitative estimate of drug-likeness (QED) is 0.871. The molecule has 1 aromatic rings. The number of nitrogens with zero attached hydrogens (tertiary/aromatic N) is 1. The van der Waals surface area contributed by atoms with Crippen molar-refractivity contribution >= 4 is 34.3 Å². The maximum absolute atomic E-state index is 11.5. The smallest absolute Gasteiger partial charge is 0.225 e. The normalized spacial score (nSPS) is 10.5. The fraction of sp³-hybridized carbons (Fsp3) is 0.455. The number of hydrogen-bond donors (Lipinski definition) is 1. The van der Waals surface area contributed by atoms with Crippen molar-refractivity contribution in [1.82, 2.24) is 4.98 Å². The first-order valence-electron chi connectivity index (χ1n) is 4.92. The lowest BCUT2D eigenvalue weighted by molar-refractivity contribution is -0.116. The zero-order valence-corrected chi connectivity index (χ0v) is 11.3. The zero-order chi connectivity index (χ0) is 11.4. The Balaban J connectivity index is 2.65. The van der Waals surface area contributed by atoms with Gasteiger partial charge in [0.15, 0.2) is 0 Å². The highest BCUT2D eigenvalue weighted by molar-refractivity contribution is 14.1. The first kappa shape index (κ1) is 12.4. The Hall–Kier alpha value is -0.650. The second-order valence-corrected chi connectivity index (χ2v) is 5.07. The van der Waals surface area contributed by atoms with Gasteiger partial charge in [0, 0.05) is 9.99 Å². The number of nitrogens with one attached hydrogen (secondary N) is 1. The minimum absolute atomic E-state index is 0.0260. The number of rotatable bonds is 3. The molecule has 1 rings (SSSR count). The van der Waals surface area contributed by atoms with Crippen LogP contribution in [0.15, 0.2) is 12.1 Å². The Morgan fingerprint density at radius 1 is 1.53 bits per heavy atom. The van der Waals surface area contributed by atoms with Crippen LogP contribution in [-0.4, -0.2) is 10.9 Å². The van der Waals surface area contributed by atoms with Crippen molar-refractivity contribution < 1.29 is 4.79 Å². The average molecular weight is 318 g/mol. The molecule has 0 spiro atoms. The first-order valence-corrected chi connectivity index (χ1v) is 6.00. The van der Waals surface area contributed by atoms with E-state index >= 15 is 0 Å². The number of aryl methyl sites for hydroxylation is 1. The highest BCUT2D eigenvalue weighted by Crippen LogP contribution is 2.13. The van der Waals surface area contributed by atoms with Crippen molar-refractivity contribution in [2.45, 2.75) is 27.2 Å². The summed E-state index contributed by atoms with van der Waals surface area (Å²) in [7, 11) is 0. The first-order chi connectivity index (χ1) is 6.99. The largest absolute Gasteiger partial charge is 0.311 e. The number of carbonyl (C=O) groups excluding carboxylic acids is 1. The van der Waals surface area contributed by atoms with Crippen LogP contribution in [0.25, 0.3) is 0 Å². The van der Waals surface area contributed by atoms with Gasteiger partial charge in [-0.3, -0.25) is 4.79 Å². The highest BCUT2D eigenvalue weighted by Gasteiger charge is 2.06. The van der Waals surface area contributed by atoms with Crippen molar-refractivity contribution in [2.24, 2.45) is 5.92 Å². The average Bonchev–Trinajstić information content (AvgIpc) is 2.10. The molecule has 1 aromatic heterocycles. The molecule has 82 valence electrons. The Kier molecular flexibility index (Phi) is 4.50. The molecule has 1 N–H and O–H groups in total. The lowest BCUT2D eigenvalue weighted by Crippen LogP contribution is -2.15. The van der Waals surface area contributed by atoms with Crippen LogP contribution in [0.3, 0.4) is 0 Å². The number of aromatic nitrogens is 1. The maximum Gasteiger partial charge on any atom is 0.225 e. The van der Waals surface area contributed by atoms with Crippen LogP contribution in [0, 0.1) is 16.4 Å². The Morgan fingerprint density at radius 3 is 2.73 bits per heavy atom. The fourth-order valence-electron chi connectivity index (χ4n) is 1.18. The fourth-order valence-corrected chi connectivity index (χ4v) is 1.48. The highest BCUT2D eigenvalue weighted by atomic mass is 127. The van der Waals surface area contributed by atoms with E-state index in [1.807, 2.05) is 32.9 Å². The van der Waals surface area contributed by atoms with Gasteiger partial charge in [0.1, 0.15) is 5.82 Å². The summed E-state index contributed by atoms with van der Waals surface area (Å²) in [5.41, 5.74) is 0.943. The van der Waals surface area contributed by atoms with Gasteiger partial charge >= 0.3 is 0 Å². The molecular formula is C11H15IN2O. The minimum atomic E-state index is 0.0260. The van der Waals surface area contributed by atoms with Crippen molar-refractivity contribution in [3.05, 3.63) is 21.4 Å². The van der Waals surface area contributed by atoms with Crippen LogP contribution < -0.4 is 5.32 Å². The van der Waals surface area contributed by atoms with Crippen LogP contribution >= 0.6 is 22.6 Å². The topological polar surface area (TPSA) is 42.0 Å². The Bertz CT molecular complexity index is 364. The molecule has 1 heterocycles. The maximum atomic E-state index is 11.5. The van der Waals surface area contributed by atoms with Crippen LogP contribution in [0.5, 0.6) is 0 Å². The molecule has 3 nitrogen and oxygen atoms in total. The molecule has 15 heavy (non-hydrogen) atoms. The summed E-state index contributed by atoms with van der Waals surface area (Å²) in [5.74, 6) is 1.03. The molecule has 0 aliphatic carbocycles. The second kappa shape index (κ2) is 5.44. The van der Waals surface area contributed by atoms with Gasteiger partial charge in [-0.15, -0.1) is 0 Å². The van der Waals surface area contributed by atoms with Crippen molar-refractivity contribution in [3.8, 4) is 0 Å². The van der Waals surface area contributed by atoms with E-state index in [9.17, 15) is 4.79 Å². The summed E-state index contributed by atoms with van der Waals surface area (Å²) in [5, 5.41) is 2.79. The van der Waals surface area contributed by atoms with Gasteiger partial charge in [0.25, 0.3) is 0 Å². The molecule has 0 fully saturated rings. The summed E-state index contributed by atoms with van der Waals surface area (Å²) in [6.07, 6.45) is 0.534. The monoisotopic (exact) mass is 318 g/mol. The molecule has 0 aromatic carbocycles. The van der Waals surface area contributed by atoms with E-state index in [1.54, 1.807) is 0 Å². The molecule has 0 bridgehead atoms. The van der Waals surface area contributed by atoms with Crippen LogP contribution in [-0.2, 0) is 4.79 Å². The van der Waals surface area contributed by atoms with E-state index in [0.29, 0.717) is 18.2 Å². The lowest BCUT2D eigenvalue weighted by atomic mass is 10.1. The van der Waals surface area contributed by atoms with Crippen molar-refractivity contribution in [3.63, 3.8) is 0 Å². The third-order valence-corrected chi connectivity index (χ3v) is 3.02. The molecule has 0 aliphatic rings. The summed E-state index contributed by atoms with van der Waals surface area (Å²) < 4.78 is 1.11. The van der Waals surface area contributed by atoms with Crippen LogP contribution in [0.2, 0.25) is 0 Å². The molecular weight excluding hydrogens is 303 g/mol. The summed E-state index contributed by atoms with van der Waals surface area (Å²) in [6, 6.07) is 3.78. The molecule has 4 heteroatoms. The minimum Gasteiger partial charge on any atom is -0.311 e. The van der Waals surface area contributed by atoms with Gasteiger partial charge in [-0.2, -0.15) is 0 Å². The molecule has 0 unspecified atom stereocenters. The third kappa shape index (κ3) is 4.15. The van der Waals surface area contributed by atoms with Gasteiger partial charge < -0.3 is 5.32 Å². The van der Waals surface area contributed by atoms with Crippen molar-refractivity contribution in [1.29, 1.82) is 0 Å². The molecule has 0 radical (unpaired) electrons. The van der Waals surface area contributed by atoms with E-state index in [1.165, 1.54) is 0 Å². The number of amides is 1. The third-order valence-electron chi connectivity index (χ3n) is 1.88. The summed E-state index contributed by atoms with van der Waals surface area (Å²) in [4.78, 5) is 15.7. The summed E-state index contributed by atoms with van der Waals surface area (Å²) in [6.45, 7) is 5.97. The van der Waals surface area contributed by atoms with Gasteiger partial charge in [0.05, 0.1) is 5.69 Å². The van der Waals surface area contributed by atoms with E-state index in [0.717, 1.165) is 9.26 Å². The number of halogens is 1. The van der Waals surface area contributed by atoms with E-state index in [-0.39, 0.29) is 5.91 Å². The van der Waals surface area contributed by atoms with Crippen LogP contribution in [0.1, 0.15) is 26.0 Å². The molecule has 0 aliphatic heterocycles. The number of carbonyl (C=O) groups is 1. The van der Waals surface area contributed by atoms with Crippen LogP contribution in [0.4, 0.5) is 5.82 Å². The predicted octanol–water partition coefficient (Wildman–Crippen LogP) is 2.98. The Labute approximate surface area is 104 Å². The van der Waals surface area contributed by atoms with Gasteiger partial charge in [0.2, 0.25) is 5.91 Å². The standard InChI is InChI=1S/C11H15IN2O/c1-7(2)6-11(15)14-10-5-4-9(12)8(3)13-10/h4-5,7H,6H2,1-3H3,(H,13,14,15). The lowest BCUT2D eigenvalue weighted by Gasteiger charge is -2.07. The molecule has 1 amide bonds. The Morgan fingerprint density at radius 2 is 2.20 bits per heavy atom.